The SMILES string of the molecule is Cc1cccnc1Cn1c(C2CC2)n[nH]c1=S. The van der Waals surface area contributed by atoms with Gasteiger partial charge in [0.05, 0.1) is 12.2 Å². The van der Waals surface area contributed by atoms with Crippen LogP contribution in [-0.4, -0.2) is 19.7 Å². The molecule has 0 bridgehead atoms. The summed E-state index contributed by atoms with van der Waals surface area (Å²) in [5, 5.41) is 7.21. The number of H-pyrrole nitrogens is 1. The maximum atomic E-state index is 5.28. The van der Waals surface area contributed by atoms with Crippen molar-refractivity contribution in [1.82, 2.24) is 19.7 Å². The van der Waals surface area contributed by atoms with Crippen molar-refractivity contribution in [3.05, 3.63) is 40.2 Å². The second kappa shape index (κ2) is 4.07. The van der Waals surface area contributed by atoms with Crippen LogP contribution >= 0.6 is 12.2 Å². The molecule has 0 aliphatic heterocycles. The molecule has 88 valence electrons. The zero-order valence-electron chi connectivity index (χ0n) is 9.68. The van der Waals surface area contributed by atoms with Crippen molar-refractivity contribution in [3.8, 4) is 0 Å². The van der Waals surface area contributed by atoms with E-state index in [1.807, 2.05) is 12.3 Å². The summed E-state index contributed by atoms with van der Waals surface area (Å²) in [4.78, 5) is 4.41. The molecule has 0 radical (unpaired) electrons. The number of nitrogens with zero attached hydrogens (tertiary/aromatic N) is 3. The Labute approximate surface area is 105 Å². The van der Waals surface area contributed by atoms with Crippen LogP contribution < -0.4 is 0 Å². The lowest BCUT2D eigenvalue weighted by atomic mass is 10.2. The molecule has 2 heterocycles. The normalized spacial score (nSPS) is 15.1. The van der Waals surface area contributed by atoms with Gasteiger partial charge in [0.25, 0.3) is 0 Å². The zero-order valence-corrected chi connectivity index (χ0v) is 10.5. The fraction of sp³-hybridized carbons (Fsp3) is 0.417. The number of hydrogen-bond acceptors (Lipinski definition) is 3. The zero-order chi connectivity index (χ0) is 11.8. The number of aromatic amines is 1. The quantitative estimate of drug-likeness (QED) is 0.847. The van der Waals surface area contributed by atoms with E-state index in [-0.39, 0.29) is 0 Å². The highest BCUT2D eigenvalue weighted by Crippen LogP contribution is 2.38. The van der Waals surface area contributed by atoms with Crippen LogP contribution in [0.4, 0.5) is 0 Å². The monoisotopic (exact) mass is 246 g/mol. The van der Waals surface area contributed by atoms with Gasteiger partial charge in [-0.1, -0.05) is 6.07 Å². The van der Waals surface area contributed by atoms with Crippen molar-refractivity contribution in [3.63, 3.8) is 0 Å². The van der Waals surface area contributed by atoms with Gasteiger partial charge in [0, 0.05) is 12.1 Å². The number of nitrogens with one attached hydrogen (secondary N) is 1. The Bertz CT molecular complexity index is 595. The van der Waals surface area contributed by atoms with Gasteiger partial charge in [0.15, 0.2) is 4.77 Å². The van der Waals surface area contributed by atoms with Crippen molar-refractivity contribution >= 4 is 12.2 Å². The molecule has 0 aromatic carbocycles. The van der Waals surface area contributed by atoms with E-state index in [2.05, 4.69) is 32.7 Å². The second-order valence-corrected chi connectivity index (χ2v) is 4.90. The fourth-order valence-corrected chi connectivity index (χ4v) is 2.17. The summed E-state index contributed by atoms with van der Waals surface area (Å²) in [5.74, 6) is 1.67. The van der Waals surface area contributed by atoms with Crippen molar-refractivity contribution in [2.75, 3.05) is 0 Å². The van der Waals surface area contributed by atoms with Crippen LogP contribution in [0.15, 0.2) is 18.3 Å². The average molecular weight is 246 g/mol. The maximum absolute atomic E-state index is 5.28. The van der Waals surface area contributed by atoms with Crippen molar-refractivity contribution in [1.29, 1.82) is 0 Å². The van der Waals surface area contributed by atoms with E-state index in [9.17, 15) is 0 Å². The molecule has 3 rings (SSSR count). The molecule has 4 nitrogen and oxygen atoms in total. The highest BCUT2D eigenvalue weighted by molar-refractivity contribution is 7.71. The summed E-state index contributed by atoms with van der Waals surface area (Å²) in [6.45, 7) is 2.79. The smallest absolute Gasteiger partial charge is 0.195 e. The highest BCUT2D eigenvalue weighted by Gasteiger charge is 2.29. The average Bonchev–Trinajstić information content (AvgIpc) is 3.09. The molecule has 0 unspecified atom stereocenters. The van der Waals surface area contributed by atoms with E-state index in [1.165, 1.54) is 18.4 Å². The number of aryl methyl sites for hydroxylation is 1. The molecule has 0 spiro atoms. The van der Waals surface area contributed by atoms with Gasteiger partial charge in [0.2, 0.25) is 0 Å². The second-order valence-electron chi connectivity index (χ2n) is 4.51. The molecule has 17 heavy (non-hydrogen) atoms. The first-order chi connectivity index (χ1) is 8.25. The van der Waals surface area contributed by atoms with Gasteiger partial charge >= 0.3 is 0 Å². The summed E-state index contributed by atoms with van der Waals surface area (Å²) in [5.41, 5.74) is 2.25. The molecule has 1 N–H and O–H groups in total. The number of rotatable bonds is 3. The number of aromatic nitrogens is 4. The molecule has 0 amide bonds. The standard InChI is InChI=1S/C12H14N4S/c1-8-3-2-6-13-10(8)7-16-11(9-4-5-9)14-15-12(16)17/h2-3,6,9H,4-5,7H2,1H3,(H,15,17). The largest absolute Gasteiger partial charge is 0.298 e. The minimum absolute atomic E-state index is 0.590. The van der Waals surface area contributed by atoms with E-state index >= 15 is 0 Å². The molecule has 1 saturated carbocycles. The summed E-state index contributed by atoms with van der Waals surface area (Å²) in [6.07, 6.45) is 4.27. The Morgan fingerprint density at radius 2 is 2.35 bits per heavy atom. The Morgan fingerprint density at radius 3 is 3.06 bits per heavy atom. The van der Waals surface area contributed by atoms with Crippen molar-refractivity contribution < 1.29 is 0 Å². The first kappa shape index (κ1) is 10.7. The number of hydrogen-bond donors (Lipinski definition) is 1. The lowest BCUT2D eigenvalue weighted by Crippen LogP contribution is -2.07. The molecule has 0 saturated heterocycles. The minimum Gasteiger partial charge on any atom is -0.298 e. The van der Waals surface area contributed by atoms with Gasteiger partial charge in [-0.05, 0) is 43.6 Å². The molecule has 1 aliphatic rings. The Hall–Kier alpha value is -1.49. The van der Waals surface area contributed by atoms with Crippen LogP contribution in [0.5, 0.6) is 0 Å². The Morgan fingerprint density at radius 1 is 1.53 bits per heavy atom. The van der Waals surface area contributed by atoms with Gasteiger partial charge in [-0.2, -0.15) is 5.10 Å². The first-order valence-corrected chi connectivity index (χ1v) is 6.22. The summed E-state index contributed by atoms with van der Waals surface area (Å²) in [6, 6.07) is 4.03. The summed E-state index contributed by atoms with van der Waals surface area (Å²) >= 11 is 5.28. The predicted octanol–water partition coefficient (Wildman–Crippen LogP) is 2.57. The third-order valence-corrected chi connectivity index (χ3v) is 3.47. The molecule has 1 fully saturated rings. The van der Waals surface area contributed by atoms with Crippen LogP contribution in [0.25, 0.3) is 0 Å². The number of pyridine rings is 1. The fourth-order valence-electron chi connectivity index (χ4n) is 1.97. The summed E-state index contributed by atoms with van der Waals surface area (Å²) < 4.78 is 2.76. The van der Waals surface area contributed by atoms with E-state index < -0.39 is 0 Å². The third kappa shape index (κ3) is 2.02. The van der Waals surface area contributed by atoms with Gasteiger partial charge in [-0.15, -0.1) is 0 Å². The maximum Gasteiger partial charge on any atom is 0.195 e. The summed E-state index contributed by atoms with van der Waals surface area (Å²) in [7, 11) is 0. The van der Waals surface area contributed by atoms with Gasteiger partial charge < -0.3 is 0 Å². The molecule has 2 aromatic rings. The van der Waals surface area contributed by atoms with E-state index in [0.717, 1.165) is 11.5 Å². The van der Waals surface area contributed by atoms with E-state index in [4.69, 9.17) is 12.2 Å². The van der Waals surface area contributed by atoms with Crippen LogP contribution in [0, 0.1) is 11.7 Å². The first-order valence-electron chi connectivity index (χ1n) is 5.81. The van der Waals surface area contributed by atoms with Crippen LogP contribution in [-0.2, 0) is 6.54 Å². The molecular formula is C12H14N4S. The van der Waals surface area contributed by atoms with Gasteiger partial charge in [-0.3, -0.25) is 14.6 Å². The van der Waals surface area contributed by atoms with E-state index in [0.29, 0.717) is 17.2 Å². The van der Waals surface area contributed by atoms with Crippen LogP contribution in [0.2, 0.25) is 0 Å². The lowest BCUT2D eigenvalue weighted by molar-refractivity contribution is 0.700. The van der Waals surface area contributed by atoms with Crippen LogP contribution in [0.3, 0.4) is 0 Å². The van der Waals surface area contributed by atoms with Gasteiger partial charge in [-0.25, -0.2) is 0 Å². The highest BCUT2D eigenvalue weighted by atomic mass is 32.1. The van der Waals surface area contributed by atoms with E-state index in [1.54, 1.807) is 0 Å². The Balaban J connectivity index is 1.97. The predicted molar refractivity (Wildman–Crippen MR) is 67.5 cm³/mol. The molecule has 1 aliphatic carbocycles. The minimum atomic E-state index is 0.590. The molecule has 2 aromatic heterocycles. The topological polar surface area (TPSA) is 46.5 Å². The molecule has 5 heteroatoms. The van der Waals surface area contributed by atoms with Crippen LogP contribution in [0.1, 0.15) is 35.8 Å². The van der Waals surface area contributed by atoms with Crippen molar-refractivity contribution in [2.24, 2.45) is 0 Å². The Kier molecular flexibility index (Phi) is 2.55. The lowest BCUT2D eigenvalue weighted by Gasteiger charge is -2.07. The van der Waals surface area contributed by atoms with Crippen molar-refractivity contribution in [2.45, 2.75) is 32.2 Å². The third-order valence-electron chi connectivity index (χ3n) is 3.16. The molecule has 0 atom stereocenters. The molecular weight excluding hydrogens is 232 g/mol. The van der Waals surface area contributed by atoms with Gasteiger partial charge in [0.1, 0.15) is 5.82 Å².